The zero-order valence-electron chi connectivity index (χ0n) is 13.4. The first-order valence-electron chi connectivity index (χ1n) is 7.56. The molecule has 0 radical (unpaired) electrons. The van der Waals surface area contributed by atoms with E-state index in [2.05, 4.69) is 15.6 Å². The molecule has 0 spiro atoms. The Morgan fingerprint density at radius 3 is 2.76 bits per heavy atom. The van der Waals surface area contributed by atoms with Gasteiger partial charge < -0.3 is 9.88 Å². The van der Waals surface area contributed by atoms with Crippen LogP contribution in [0, 0.1) is 0 Å². The summed E-state index contributed by atoms with van der Waals surface area (Å²) in [6.45, 7) is 0.442. The molecule has 2 heterocycles. The van der Waals surface area contributed by atoms with Gasteiger partial charge in [0.1, 0.15) is 10.7 Å². The van der Waals surface area contributed by atoms with Crippen LogP contribution >= 0.6 is 23.2 Å². The summed E-state index contributed by atoms with van der Waals surface area (Å²) in [4.78, 5) is 24.3. The first kappa shape index (κ1) is 17.4. The quantitative estimate of drug-likeness (QED) is 0.736. The zero-order chi connectivity index (χ0) is 18.0. The van der Waals surface area contributed by atoms with Crippen molar-refractivity contribution < 1.29 is 4.79 Å². The maximum Gasteiger partial charge on any atom is 0.277 e. The number of carbonyl (C=O) groups excluding carboxylic acids is 1. The van der Waals surface area contributed by atoms with E-state index in [0.29, 0.717) is 27.6 Å². The predicted octanol–water partition coefficient (Wildman–Crippen LogP) is 2.14. The number of fused-ring (bicyclic) bond motifs is 1. The molecule has 0 aliphatic rings. The van der Waals surface area contributed by atoms with Crippen molar-refractivity contribution in [3.63, 3.8) is 0 Å². The lowest BCUT2D eigenvalue weighted by atomic mass is 10.2. The summed E-state index contributed by atoms with van der Waals surface area (Å²) in [6.07, 6.45) is 0.110. The third-order valence-corrected chi connectivity index (χ3v) is 4.70. The van der Waals surface area contributed by atoms with Crippen molar-refractivity contribution >= 4 is 40.0 Å². The summed E-state index contributed by atoms with van der Waals surface area (Å²) < 4.78 is 2.89. The van der Waals surface area contributed by atoms with Gasteiger partial charge in [0.25, 0.3) is 5.56 Å². The van der Waals surface area contributed by atoms with Crippen molar-refractivity contribution in [1.29, 1.82) is 0 Å². The van der Waals surface area contributed by atoms with Crippen molar-refractivity contribution in [1.82, 2.24) is 24.9 Å². The fraction of sp³-hybridized carbons (Fsp3) is 0.250. The first-order chi connectivity index (χ1) is 12.0. The standard InChI is InChI=1S/C16H15Cl2N5O2/c1-22-10(8-12(17)15(22)18)9-19-14(24)6-7-23-16(25)11-4-2-3-5-13(11)20-21-23/h2-5,8H,6-7,9H2,1H3,(H,19,24). The average Bonchev–Trinajstić information content (AvgIpc) is 2.86. The maximum atomic E-state index is 12.3. The molecule has 25 heavy (non-hydrogen) atoms. The van der Waals surface area contributed by atoms with Crippen molar-refractivity contribution in [3.05, 3.63) is 56.6 Å². The van der Waals surface area contributed by atoms with Gasteiger partial charge in [-0.2, -0.15) is 0 Å². The summed E-state index contributed by atoms with van der Waals surface area (Å²) in [7, 11) is 1.76. The molecule has 0 saturated carbocycles. The lowest BCUT2D eigenvalue weighted by Crippen LogP contribution is -2.29. The highest BCUT2D eigenvalue weighted by atomic mass is 35.5. The second kappa shape index (κ2) is 7.25. The number of nitrogens with zero attached hydrogens (tertiary/aromatic N) is 4. The van der Waals surface area contributed by atoms with Gasteiger partial charge in [-0.25, -0.2) is 4.68 Å². The molecule has 1 aromatic carbocycles. The van der Waals surface area contributed by atoms with Crippen LogP contribution in [0.1, 0.15) is 12.1 Å². The molecular weight excluding hydrogens is 365 g/mol. The number of hydrogen-bond donors (Lipinski definition) is 1. The number of hydrogen-bond acceptors (Lipinski definition) is 4. The summed E-state index contributed by atoms with van der Waals surface area (Å²) >= 11 is 11.9. The molecule has 0 atom stereocenters. The van der Waals surface area contributed by atoms with Crippen LogP contribution in [0.3, 0.4) is 0 Å². The normalized spacial score (nSPS) is 11.0. The second-order valence-corrected chi connectivity index (χ2v) is 6.26. The average molecular weight is 380 g/mol. The molecule has 1 amide bonds. The van der Waals surface area contributed by atoms with Crippen LogP contribution < -0.4 is 10.9 Å². The Balaban J connectivity index is 1.62. The molecule has 0 unspecified atom stereocenters. The van der Waals surface area contributed by atoms with Crippen LogP contribution in [0.15, 0.2) is 35.1 Å². The molecular formula is C16H15Cl2N5O2. The Morgan fingerprint density at radius 2 is 2.04 bits per heavy atom. The number of benzene rings is 1. The summed E-state index contributed by atoms with van der Waals surface area (Å²) in [5.41, 5.74) is 1.05. The van der Waals surface area contributed by atoms with E-state index in [0.717, 1.165) is 5.69 Å². The van der Waals surface area contributed by atoms with Crippen LogP contribution in [0.2, 0.25) is 10.2 Å². The van der Waals surface area contributed by atoms with E-state index in [9.17, 15) is 9.59 Å². The topological polar surface area (TPSA) is 81.8 Å². The minimum atomic E-state index is -0.264. The second-order valence-electron chi connectivity index (χ2n) is 5.50. The number of halogens is 2. The molecule has 2 aromatic heterocycles. The van der Waals surface area contributed by atoms with Gasteiger partial charge in [-0.3, -0.25) is 9.59 Å². The molecule has 0 aliphatic heterocycles. The highest BCUT2D eigenvalue weighted by molar-refractivity contribution is 6.41. The van der Waals surface area contributed by atoms with Gasteiger partial charge in [0.05, 0.1) is 23.5 Å². The van der Waals surface area contributed by atoms with Gasteiger partial charge in [0, 0.05) is 19.2 Å². The van der Waals surface area contributed by atoms with Crippen molar-refractivity contribution in [2.24, 2.45) is 7.05 Å². The van der Waals surface area contributed by atoms with Crippen LogP contribution in [0.4, 0.5) is 0 Å². The molecule has 1 N–H and O–H groups in total. The SMILES string of the molecule is Cn1c(CNC(=O)CCn2nnc3ccccc3c2=O)cc(Cl)c1Cl. The molecule has 0 fully saturated rings. The summed E-state index contributed by atoms with van der Waals surface area (Å²) in [5.74, 6) is -0.213. The number of amides is 1. The highest BCUT2D eigenvalue weighted by Gasteiger charge is 2.11. The van der Waals surface area contributed by atoms with E-state index in [1.54, 1.807) is 41.9 Å². The van der Waals surface area contributed by atoms with E-state index in [1.807, 2.05) is 0 Å². The molecule has 130 valence electrons. The van der Waals surface area contributed by atoms with E-state index in [1.165, 1.54) is 4.68 Å². The largest absolute Gasteiger partial charge is 0.350 e. The minimum Gasteiger partial charge on any atom is -0.350 e. The van der Waals surface area contributed by atoms with Crippen LogP contribution in [0.25, 0.3) is 10.9 Å². The van der Waals surface area contributed by atoms with Crippen LogP contribution in [0.5, 0.6) is 0 Å². The van der Waals surface area contributed by atoms with Crippen molar-refractivity contribution in [2.75, 3.05) is 0 Å². The van der Waals surface area contributed by atoms with Gasteiger partial charge in [-0.1, -0.05) is 40.5 Å². The van der Waals surface area contributed by atoms with Gasteiger partial charge in [0.15, 0.2) is 0 Å². The van der Waals surface area contributed by atoms with Gasteiger partial charge in [0.2, 0.25) is 5.91 Å². The fourth-order valence-corrected chi connectivity index (χ4v) is 2.83. The van der Waals surface area contributed by atoms with E-state index in [-0.39, 0.29) is 24.4 Å². The lowest BCUT2D eigenvalue weighted by Gasteiger charge is -2.08. The minimum absolute atomic E-state index is 0.110. The van der Waals surface area contributed by atoms with Gasteiger partial charge in [-0.15, -0.1) is 5.10 Å². The van der Waals surface area contributed by atoms with Gasteiger partial charge in [-0.05, 0) is 18.2 Å². The Hall–Kier alpha value is -2.38. The van der Waals surface area contributed by atoms with Crippen LogP contribution in [-0.2, 0) is 24.9 Å². The van der Waals surface area contributed by atoms with Crippen LogP contribution in [-0.4, -0.2) is 25.5 Å². The maximum absolute atomic E-state index is 12.3. The predicted molar refractivity (Wildman–Crippen MR) is 95.7 cm³/mol. The first-order valence-corrected chi connectivity index (χ1v) is 8.32. The Morgan fingerprint density at radius 1 is 1.28 bits per heavy atom. The number of carbonyl (C=O) groups is 1. The number of aryl methyl sites for hydroxylation is 1. The third kappa shape index (κ3) is 3.67. The molecule has 0 bridgehead atoms. The van der Waals surface area contributed by atoms with E-state index >= 15 is 0 Å². The molecule has 0 aliphatic carbocycles. The third-order valence-electron chi connectivity index (χ3n) is 3.86. The Labute approximate surface area is 153 Å². The molecule has 7 nitrogen and oxygen atoms in total. The summed E-state index contributed by atoms with van der Waals surface area (Å²) in [5, 5.41) is 11.9. The molecule has 9 heteroatoms. The van der Waals surface area contributed by atoms with Gasteiger partial charge >= 0.3 is 0 Å². The Bertz CT molecular complexity index is 996. The monoisotopic (exact) mass is 379 g/mol. The van der Waals surface area contributed by atoms with Crippen molar-refractivity contribution in [3.8, 4) is 0 Å². The van der Waals surface area contributed by atoms with E-state index in [4.69, 9.17) is 23.2 Å². The number of nitrogens with one attached hydrogen (secondary N) is 1. The number of aromatic nitrogens is 4. The molecule has 3 rings (SSSR count). The fourth-order valence-electron chi connectivity index (χ4n) is 2.41. The Kier molecular flexibility index (Phi) is 5.06. The highest BCUT2D eigenvalue weighted by Crippen LogP contribution is 2.24. The lowest BCUT2D eigenvalue weighted by molar-refractivity contribution is -0.121. The van der Waals surface area contributed by atoms with E-state index < -0.39 is 0 Å². The molecule has 3 aromatic rings. The summed E-state index contributed by atoms with van der Waals surface area (Å²) in [6, 6.07) is 8.65. The zero-order valence-corrected chi connectivity index (χ0v) is 14.9. The number of rotatable bonds is 5. The smallest absolute Gasteiger partial charge is 0.277 e. The molecule has 0 saturated heterocycles. The van der Waals surface area contributed by atoms with Crippen molar-refractivity contribution in [2.45, 2.75) is 19.5 Å².